The average molecular weight is 458 g/mol. The van der Waals surface area contributed by atoms with E-state index < -0.39 is 24.5 Å². The summed E-state index contributed by atoms with van der Waals surface area (Å²) in [6.45, 7) is 5.40. The van der Waals surface area contributed by atoms with Crippen molar-refractivity contribution in [1.29, 1.82) is 0 Å². The molecule has 0 aromatic carbocycles. The highest BCUT2D eigenvalue weighted by Crippen LogP contribution is 2.40. The van der Waals surface area contributed by atoms with Crippen LogP contribution in [-0.4, -0.2) is 50.6 Å². The number of ether oxygens (including phenoxy) is 2. The summed E-state index contributed by atoms with van der Waals surface area (Å²) in [5.41, 5.74) is 2.10. The SMILES string of the molecule is CCOC(=O)c1c(NC(=O)COC(=O)c2nc3nccc(C)n3n2)sc2c1CCC(C)C2. The number of thiophene rings is 1. The Kier molecular flexibility index (Phi) is 6.17. The Morgan fingerprint density at radius 2 is 2.09 bits per heavy atom. The molecule has 0 spiro atoms. The van der Waals surface area contributed by atoms with Crippen LogP contribution in [0.1, 0.15) is 57.4 Å². The molecule has 1 atom stereocenters. The van der Waals surface area contributed by atoms with Crippen molar-refractivity contribution in [2.45, 2.75) is 40.0 Å². The Balaban J connectivity index is 1.46. The third-order valence-electron chi connectivity index (χ3n) is 5.19. The van der Waals surface area contributed by atoms with Gasteiger partial charge in [0.2, 0.25) is 0 Å². The highest BCUT2D eigenvalue weighted by atomic mass is 32.1. The minimum absolute atomic E-state index is 0.188. The highest BCUT2D eigenvalue weighted by molar-refractivity contribution is 7.17. The number of esters is 2. The lowest BCUT2D eigenvalue weighted by Crippen LogP contribution is -2.22. The molecule has 0 bridgehead atoms. The maximum absolute atomic E-state index is 12.5. The van der Waals surface area contributed by atoms with Gasteiger partial charge in [-0.2, -0.15) is 4.98 Å². The molecule has 3 aromatic rings. The molecule has 32 heavy (non-hydrogen) atoms. The number of aryl methyl sites for hydroxylation is 1. The van der Waals surface area contributed by atoms with E-state index in [-0.39, 0.29) is 18.2 Å². The van der Waals surface area contributed by atoms with Crippen molar-refractivity contribution in [3.8, 4) is 0 Å². The zero-order valence-corrected chi connectivity index (χ0v) is 18.8. The van der Waals surface area contributed by atoms with Gasteiger partial charge in [0.15, 0.2) is 6.61 Å². The number of hydrogen-bond donors (Lipinski definition) is 1. The van der Waals surface area contributed by atoms with Gasteiger partial charge in [0.1, 0.15) is 5.00 Å². The number of nitrogens with one attached hydrogen (secondary N) is 1. The smallest absolute Gasteiger partial charge is 0.378 e. The fourth-order valence-electron chi connectivity index (χ4n) is 3.61. The van der Waals surface area contributed by atoms with Gasteiger partial charge in [-0.05, 0) is 50.7 Å². The van der Waals surface area contributed by atoms with Crippen molar-refractivity contribution in [2.75, 3.05) is 18.5 Å². The van der Waals surface area contributed by atoms with Gasteiger partial charge < -0.3 is 14.8 Å². The molecule has 1 unspecified atom stereocenters. The summed E-state index contributed by atoms with van der Waals surface area (Å²) in [6, 6.07) is 1.73. The number of fused-ring (bicyclic) bond motifs is 2. The van der Waals surface area contributed by atoms with Gasteiger partial charge in [0, 0.05) is 16.8 Å². The number of carbonyl (C=O) groups excluding carboxylic acids is 3. The molecule has 3 aromatic heterocycles. The van der Waals surface area contributed by atoms with Crippen LogP contribution < -0.4 is 5.32 Å². The Hall–Kier alpha value is -3.34. The number of amides is 1. The molecule has 3 heterocycles. The molecule has 1 amide bonds. The van der Waals surface area contributed by atoms with Gasteiger partial charge in [-0.1, -0.05) is 6.92 Å². The predicted octanol–water partition coefficient (Wildman–Crippen LogP) is 2.59. The van der Waals surface area contributed by atoms with Crippen molar-refractivity contribution in [3.05, 3.63) is 39.8 Å². The molecule has 0 radical (unpaired) electrons. The topological polar surface area (TPSA) is 125 Å². The normalized spacial score (nSPS) is 15.3. The van der Waals surface area contributed by atoms with Gasteiger partial charge in [-0.15, -0.1) is 16.4 Å². The van der Waals surface area contributed by atoms with Crippen LogP contribution in [0.25, 0.3) is 5.78 Å². The molecule has 0 saturated heterocycles. The molecule has 0 saturated carbocycles. The zero-order chi connectivity index (χ0) is 22.8. The van der Waals surface area contributed by atoms with Crippen molar-refractivity contribution in [2.24, 2.45) is 5.92 Å². The maximum atomic E-state index is 12.5. The maximum Gasteiger partial charge on any atom is 0.378 e. The Labute approximate surface area is 188 Å². The van der Waals surface area contributed by atoms with Gasteiger partial charge in [-0.3, -0.25) is 4.79 Å². The molecular formula is C21H23N5O5S. The molecule has 1 aliphatic carbocycles. The minimum atomic E-state index is -0.838. The Morgan fingerprint density at radius 3 is 2.84 bits per heavy atom. The number of anilines is 1. The van der Waals surface area contributed by atoms with E-state index in [4.69, 9.17) is 9.47 Å². The summed E-state index contributed by atoms with van der Waals surface area (Å²) in [5, 5.41) is 7.19. The van der Waals surface area contributed by atoms with E-state index in [9.17, 15) is 14.4 Å². The van der Waals surface area contributed by atoms with E-state index in [1.807, 2.05) is 0 Å². The summed E-state index contributed by atoms with van der Waals surface area (Å²) in [4.78, 5) is 46.5. The van der Waals surface area contributed by atoms with Crippen LogP contribution in [0.3, 0.4) is 0 Å². The Bertz CT molecular complexity index is 1200. The van der Waals surface area contributed by atoms with E-state index >= 15 is 0 Å². The van der Waals surface area contributed by atoms with Crippen LogP contribution in [0.15, 0.2) is 12.3 Å². The van der Waals surface area contributed by atoms with Crippen LogP contribution in [0.4, 0.5) is 5.00 Å². The third-order valence-corrected chi connectivity index (χ3v) is 6.36. The van der Waals surface area contributed by atoms with Gasteiger partial charge in [-0.25, -0.2) is 19.1 Å². The predicted molar refractivity (Wildman–Crippen MR) is 116 cm³/mol. The molecule has 4 rings (SSSR count). The van der Waals surface area contributed by atoms with Crippen LogP contribution in [0, 0.1) is 12.8 Å². The molecule has 0 fully saturated rings. The number of aromatic nitrogens is 4. The van der Waals surface area contributed by atoms with Crippen molar-refractivity contribution < 1.29 is 23.9 Å². The number of hydrogen-bond acceptors (Lipinski definition) is 9. The first-order valence-corrected chi connectivity index (χ1v) is 11.2. The van der Waals surface area contributed by atoms with Crippen molar-refractivity contribution in [1.82, 2.24) is 19.6 Å². The fraction of sp³-hybridized carbons (Fsp3) is 0.429. The van der Waals surface area contributed by atoms with E-state index in [1.54, 1.807) is 26.1 Å². The second-order valence-electron chi connectivity index (χ2n) is 7.63. The first-order valence-electron chi connectivity index (χ1n) is 10.3. The lowest BCUT2D eigenvalue weighted by molar-refractivity contribution is -0.119. The second kappa shape index (κ2) is 9.03. The summed E-state index contributed by atoms with van der Waals surface area (Å²) in [5.74, 6) is -1.27. The molecule has 0 aliphatic heterocycles. The van der Waals surface area contributed by atoms with Gasteiger partial charge in [0.25, 0.3) is 17.5 Å². The van der Waals surface area contributed by atoms with Crippen LogP contribution in [-0.2, 0) is 27.1 Å². The standard InChI is InChI=1S/C21H23N5O5S/c1-4-30-19(28)16-13-6-5-11(2)9-14(13)32-18(16)23-15(27)10-31-20(29)17-24-21-22-8-7-12(3)26(21)25-17/h7-8,11H,4-6,9-10H2,1-3H3,(H,23,27). The molecule has 11 heteroatoms. The third kappa shape index (κ3) is 4.33. The molecule has 1 aliphatic rings. The average Bonchev–Trinajstić information content (AvgIpc) is 3.34. The van der Waals surface area contributed by atoms with Crippen molar-refractivity contribution in [3.63, 3.8) is 0 Å². The zero-order valence-electron chi connectivity index (χ0n) is 18.0. The Morgan fingerprint density at radius 1 is 1.28 bits per heavy atom. The highest BCUT2D eigenvalue weighted by Gasteiger charge is 2.29. The quantitative estimate of drug-likeness (QED) is 0.560. The van der Waals surface area contributed by atoms with Gasteiger partial charge >= 0.3 is 11.9 Å². The lowest BCUT2D eigenvalue weighted by Gasteiger charge is -2.18. The van der Waals surface area contributed by atoms with E-state index in [2.05, 4.69) is 27.3 Å². The second-order valence-corrected chi connectivity index (χ2v) is 8.74. The van der Waals surface area contributed by atoms with E-state index in [0.717, 1.165) is 35.4 Å². The van der Waals surface area contributed by atoms with Crippen LogP contribution in [0.5, 0.6) is 0 Å². The summed E-state index contributed by atoms with van der Waals surface area (Å²) < 4.78 is 11.7. The monoisotopic (exact) mass is 457 g/mol. The molecule has 1 N–H and O–H groups in total. The number of nitrogens with zero attached hydrogens (tertiary/aromatic N) is 4. The van der Waals surface area contributed by atoms with E-state index in [1.165, 1.54) is 15.9 Å². The summed E-state index contributed by atoms with van der Waals surface area (Å²) in [7, 11) is 0. The van der Waals surface area contributed by atoms with E-state index in [0.29, 0.717) is 16.5 Å². The molecule has 10 nitrogen and oxygen atoms in total. The summed E-state index contributed by atoms with van der Waals surface area (Å²) >= 11 is 1.37. The lowest BCUT2D eigenvalue weighted by atomic mass is 9.88. The molecule has 168 valence electrons. The van der Waals surface area contributed by atoms with Crippen molar-refractivity contribution >= 4 is 40.0 Å². The first kappa shape index (κ1) is 21.9. The van der Waals surface area contributed by atoms with Gasteiger partial charge in [0.05, 0.1) is 12.2 Å². The van der Waals surface area contributed by atoms with Crippen LogP contribution in [0.2, 0.25) is 0 Å². The number of carbonyl (C=O) groups is 3. The molecular weight excluding hydrogens is 434 g/mol. The minimum Gasteiger partial charge on any atom is -0.462 e. The first-order chi connectivity index (χ1) is 15.4. The number of rotatable bonds is 6. The largest absolute Gasteiger partial charge is 0.462 e. The van der Waals surface area contributed by atoms with Crippen LogP contribution >= 0.6 is 11.3 Å². The fourth-order valence-corrected chi connectivity index (χ4v) is 5.02. The summed E-state index contributed by atoms with van der Waals surface area (Å²) in [6.07, 6.45) is 4.15.